The Morgan fingerprint density at radius 2 is 2.19 bits per heavy atom. The van der Waals surface area contributed by atoms with Gasteiger partial charge >= 0.3 is 0 Å². The average Bonchev–Trinajstić information content (AvgIpc) is 2.20. The van der Waals surface area contributed by atoms with Crippen LogP contribution in [0.3, 0.4) is 0 Å². The maximum atomic E-state index is 11.5. The molecule has 0 bridgehead atoms. The van der Waals surface area contributed by atoms with Crippen molar-refractivity contribution in [3.05, 3.63) is 36.4 Å². The van der Waals surface area contributed by atoms with Crippen molar-refractivity contribution < 1.29 is 13.5 Å². The van der Waals surface area contributed by atoms with Gasteiger partial charge in [0.15, 0.2) is 0 Å². The Bertz CT molecular complexity index is 480. The molecule has 0 heterocycles. The van der Waals surface area contributed by atoms with Crippen molar-refractivity contribution in [2.45, 2.75) is 13.3 Å². The van der Waals surface area contributed by atoms with Crippen LogP contribution in [0.2, 0.25) is 0 Å². The van der Waals surface area contributed by atoms with Gasteiger partial charge in [0.25, 0.3) is 0 Å². The number of aryl methyl sites for hydroxylation is 1. The molecule has 0 radical (unpaired) electrons. The Kier molecular flexibility index (Phi) is 3.95. The third-order valence-electron chi connectivity index (χ3n) is 2.06. The van der Waals surface area contributed by atoms with Crippen molar-refractivity contribution in [3.8, 4) is 5.75 Å². The van der Waals surface area contributed by atoms with Gasteiger partial charge in [0, 0.05) is 5.69 Å². The fourth-order valence-electron chi connectivity index (χ4n) is 1.19. The maximum absolute atomic E-state index is 11.5. The second kappa shape index (κ2) is 5.03. The van der Waals surface area contributed by atoms with E-state index in [0.29, 0.717) is 17.7 Å². The van der Waals surface area contributed by atoms with E-state index in [1.165, 1.54) is 12.1 Å². The van der Waals surface area contributed by atoms with E-state index in [1.807, 2.05) is 0 Å². The van der Waals surface area contributed by atoms with Gasteiger partial charge < -0.3 is 5.11 Å². The topological polar surface area (TPSA) is 66.4 Å². The molecule has 4 nitrogen and oxygen atoms in total. The van der Waals surface area contributed by atoms with Crippen molar-refractivity contribution >= 4 is 15.7 Å². The molecule has 0 spiro atoms. The highest BCUT2D eigenvalue weighted by Crippen LogP contribution is 2.20. The highest BCUT2D eigenvalue weighted by atomic mass is 32.2. The summed E-state index contributed by atoms with van der Waals surface area (Å²) in [5.74, 6) is 0.158. The summed E-state index contributed by atoms with van der Waals surface area (Å²) in [6, 6.07) is 4.56. The number of aromatic hydroxyl groups is 1. The third kappa shape index (κ3) is 3.58. The van der Waals surface area contributed by atoms with E-state index in [0.717, 1.165) is 0 Å². The zero-order chi connectivity index (χ0) is 12.2. The number of hydrogen-bond acceptors (Lipinski definition) is 3. The molecule has 16 heavy (non-hydrogen) atoms. The summed E-state index contributed by atoms with van der Waals surface area (Å²) >= 11 is 0. The van der Waals surface area contributed by atoms with Crippen LogP contribution in [0.15, 0.2) is 30.9 Å². The summed E-state index contributed by atoms with van der Waals surface area (Å²) in [5.41, 5.74) is 1.09. The van der Waals surface area contributed by atoms with Crippen molar-refractivity contribution in [1.82, 2.24) is 0 Å². The van der Waals surface area contributed by atoms with E-state index >= 15 is 0 Å². The molecule has 0 unspecified atom stereocenters. The van der Waals surface area contributed by atoms with Crippen molar-refractivity contribution in [3.63, 3.8) is 0 Å². The van der Waals surface area contributed by atoms with E-state index in [2.05, 4.69) is 11.3 Å². The van der Waals surface area contributed by atoms with Crippen molar-refractivity contribution in [2.75, 3.05) is 10.5 Å². The Labute approximate surface area is 95.7 Å². The molecule has 0 saturated heterocycles. The smallest absolute Gasteiger partial charge is 0.233 e. The van der Waals surface area contributed by atoms with Crippen LogP contribution in [-0.2, 0) is 10.0 Å². The average molecular weight is 241 g/mol. The van der Waals surface area contributed by atoms with Gasteiger partial charge in [-0.1, -0.05) is 6.08 Å². The molecule has 0 amide bonds. The molecule has 0 saturated carbocycles. The lowest BCUT2D eigenvalue weighted by molar-refractivity contribution is 0.471. The van der Waals surface area contributed by atoms with Gasteiger partial charge in [-0.2, -0.15) is 0 Å². The minimum atomic E-state index is -3.33. The zero-order valence-corrected chi connectivity index (χ0v) is 9.92. The molecule has 1 rings (SSSR count). The molecular weight excluding hydrogens is 226 g/mol. The normalized spacial score (nSPS) is 11.1. The highest BCUT2D eigenvalue weighted by molar-refractivity contribution is 7.92. The monoisotopic (exact) mass is 241 g/mol. The molecular formula is C11H15NO3S. The summed E-state index contributed by atoms with van der Waals surface area (Å²) in [4.78, 5) is 0. The SMILES string of the molecule is C=CCCS(=O)(=O)Nc1ccc(O)c(C)c1. The highest BCUT2D eigenvalue weighted by Gasteiger charge is 2.09. The molecule has 0 aliphatic rings. The predicted octanol–water partition coefficient (Wildman–Crippen LogP) is 2.02. The summed E-state index contributed by atoms with van der Waals surface area (Å²) in [6.45, 7) is 5.18. The zero-order valence-electron chi connectivity index (χ0n) is 9.10. The first-order chi connectivity index (χ1) is 7.44. The maximum Gasteiger partial charge on any atom is 0.233 e. The van der Waals surface area contributed by atoms with E-state index in [9.17, 15) is 13.5 Å². The van der Waals surface area contributed by atoms with Crippen molar-refractivity contribution in [1.29, 1.82) is 0 Å². The molecule has 5 heteroatoms. The molecule has 88 valence electrons. The van der Waals surface area contributed by atoms with E-state index < -0.39 is 10.0 Å². The van der Waals surface area contributed by atoms with Crippen LogP contribution in [0.5, 0.6) is 5.75 Å². The van der Waals surface area contributed by atoms with Gasteiger partial charge in [-0.05, 0) is 37.1 Å². The number of rotatable bonds is 5. The van der Waals surface area contributed by atoms with Gasteiger partial charge in [0.2, 0.25) is 10.0 Å². The molecule has 0 aliphatic carbocycles. The fourth-order valence-corrected chi connectivity index (χ4v) is 2.25. The van der Waals surface area contributed by atoms with Crippen LogP contribution in [-0.4, -0.2) is 19.3 Å². The number of phenols is 1. The number of hydrogen-bond donors (Lipinski definition) is 2. The van der Waals surface area contributed by atoms with Crippen LogP contribution in [0.1, 0.15) is 12.0 Å². The summed E-state index contributed by atoms with van der Waals surface area (Å²) in [5, 5.41) is 9.29. The second-order valence-electron chi connectivity index (χ2n) is 3.50. The Morgan fingerprint density at radius 1 is 1.50 bits per heavy atom. The van der Waals surface area contributed by atoms with Gasteiger partial charge in [0.05, 0.1) is 5.75 Å². The van der Waals surface area contributed by atoms with E-state index in [1.54, 1.807) is 19.1 Å². The minimum absolute atomic E-state index is 0.0103. The van der Waals surface area contributed by atoms with Crippen LogP contribution in [0.25, 0.3) is 0 Å². The molecule has 0 atom stereocenters. The first-order valence-corrected chi connectivity index (χ1v) is 6.51. The predicted molar refractivity (Wildman–Crippen MR) is 65.1 cm³/mol. The fraction of sp³-hybridized carbons (Fsp3) is 0.273. The Hall–Kier alpha value is -1.49. The number of nitrogens with one attached hydrogen (secondary N) is 1. The molecule has 0 aliphatic heterocycles. The van der Waals surface area contributed by atoms with Gasteiger partial charge in [0.1, 0.15) is 5.75 Å². The largest absolute Gasteiger partial charge is 0.508 e. The van der Waals surface area contributed by atoms with Crippen LogP contribution in [0, 0.1) is 6.92 Å². The second-order valence-corrected chi connectivity index (χ2v) is 5.34. The molecule has 0 aromatic heterocycles. The van der Waals surface area contributed by atoms with Crippen molar-refractivity contribution in [2.24, 2.45) is 0 Å². The number of phenolic OH excluding ortho intramolecular Hbond substituents is 1. The number of allylic oxidation sites excluding steroid dienone is 1. The van der Waals surface area contributed by atoms with Gasteiger partial charge in [-0.25, -0.2) is 8.42 Å². The minimum Gasteiger partial charge on any atom is -0.508 e. The lowest BCUT2D eigenvalue weighted by Crippen LogP contribution is -2.16. The van der Waals surface area contributed by atoms with Crippen LogP contribution >= 0.6 is 0 Å². The Balaban J connectivity index is 2.80. The number of sulfonamides is 1. The summed E-state index contributed by atoms with van der Waals surface area (Å²) < 4.78 is 25.5. The van der Waals surface area contributed by atoms with Crippen LogP contribution in [0.4, 0.5) is 5.69 Å². The van der Waals surface area contributed by atoms with Gasteiger partial charge in [-0.15, -0.1) is 6.58 Å². The molecule has 0 fully saturated rings. The van der Waals surface area contributed by atoms with Gasteiger partial charge in [-0.3, -0.25) is 4.72 Å². The Morgan fingerprint density at radius 3 is 2.75 bits per heavy atom. The van der Waals surface area contributed by atoms with E-state index in [-0.39, 0.29) is 11.5 Å². The van der Waals surface area contributed by atoms with E-state index in [4.69, 9.17) is 0 Å². The van der Waals surface area contributed by atoms with Crippen LogP contribution < -0.4 is 4.72 Å². The molecule has 2 N–H and O–H groups in total. The standard InChI is InChI=1S/C11H15NO3S/c1-3-4-7-16(14,15)12-10-5-6-11(13)9(2)8-10/h3,5-6,8,12-13H,1,4,7H2,2H3. The molecule has 1 aromatic rings. The molecule has 1 aromatic carbocycles. The first-order valence-electron chi connectivity index (χ1n) is 4.85. The lowest BCUT2D eigenvalue weighted by atomic mass is 10.2. The third-order valence-corrected chi connectivity index (χ3v) is 3.38. The number of benzene rings is 1. The summed E-state index contributed by atoms with van der Waals surface area (Å²) in [6.07, 6.45) is 1.97. The number of anilines is 1. The first kappa shape index (κ1) is 12.6. The summed E-state index contributed by atoms with van der Waals surface area (Å²) in [7, 11) is -3.33. The lowest BCUT2D eigenvalue weighted by Gasteiger charge is -2.08. The quantitative estimate of drug-likeness (QED) is 0.612.